The van der Waals surface area contributed by atoms with Gasteiger partial charge in [0.1, 0.15) is 0 Å². The van der Waals surface area contributed by atoms with Gasteiger partial charge in [-0.05, 0) is 44.1 Å². The van der Waals surface area contributed by atoms with Gasteiger partial charge in [-0.2, -0.15) is 0 Å². The molecule has 2 aliphatic rings. The quantitative estimate of drug-likeness (QED) is 0.819. The van der Waals surface area contributed by atoms with E-state index in [2.05, 4.69) is 18.7 Å². The lowest BCUT2D eigenvalue weighted by molar-refractivity contribution is -0.0155. The summed E-state index contributed by atoms with van der Waals surface area (Å²) >= 11 is 0. The monoisotopic (exact) mass is 238 g/mol. The van der Waals surface area contributed by atoms with E-state index in [0.717, 1.165) is 18.4 Å². The third-order valence-corrected chi connectivity index (χ3v) is 5.49. The molecule has 1 heterocycles. The van der Waals surface area contributed by atoms with Crippen molar-refractivity contribution in [3.05, 3.63) is 0 Å². The van der Waals surface area contributed by atoms with Crippen LogP contribution in [0.15, 0.2) is 0 Å². The van der Waals surface area contributed by atoms with Crippen LogP contribution in [0.1, 0.15) is 58.8 Å². The standard InChI is InChI=1S/C15H30N2/c1-3-14-8-6-10-17(11-14)15(12-16)9-5-4-7-13(15)2/h13-14H,3-12,16H2,1-2H3. The van der Waals surface area contributed by atoms with E-state index in [0.29, 0.717) is 5.54 Å². The Morgan fingerprint density at radius 1 is 1.24 bits per heavy atom. The first-order valence-corrected chi connectivity index (χ1v) is 7.68. The van der Waals surface area contributed by atoms with E-state index in [1.54, 1.807) is 0 Å². The van der Waals surface area contributed by atoms with Crippen LogP contribution < -0.4 is 5.73 Å². The summed E-state index contributed by atoms with van der Waals surface area (Å²) in [4.78, 5) is 2.77. The number of hydrogen-bond acceptors (Lipinski definition) is 2. The summed E-state index contributed by atoms with van der Waals surface area (Å²) in [6.07, 6.45) is 9.66. The van der Waals surface area contributed by atoms with Crippen LogP contribution in [-0.2, 0) is 0 Å². The Morgan fingerprint density at radius 3 is 2.71 bits per heavy atom. The number of likely N-dealkylation sites (tertiary alicyclic amines) is 1. The van der Waals surface area contributed by atoms with Crippen LogP contribution in [0.2, 0.25) is 0 Å². The zero-order valence-electron chi connectivity index (χ0n) is 11.8. The number of piperidine rings is 1. The van der Waals surface area contributed by atoms with Crippen LogP contribution in [-0.4, -0.2) is 30.1 Å². The second-order valence-electron chi connectivity index (χ2n) is 6.32. The molecule has 1 aliphatic carbocycles. The van der Waals surface area contributed by atoms with E-state index in [4.69, 9.17) is 5.73 Å². The highest BCUT2D eigenvalue weighted by Crippen LogP contribution is 2.40. The van der Waals surface area contributed by atoms with E-state index < -0.39 is 0 Å². The molecule has 100 valence electrons. The SMILES string of the molecule is CCC1CCCN(C2(CN)CCCCC2C)C1. The number of hydrogen-bond donors (Lipinski definition) is 1. The lowest BCUT2D eigenvalue weighted by Crippen LogP contribution is -2.61. The third kappa shape index (κ3) is 2.53. The minimum absolute atomic E-state index is 0.339. The van der Waals surface area contributed by atoms with E-state index in [-0.39, 0.29) is 0 Å². The summed E-state index contributed by atoms with van der Waals surface area (Å²) in [5.74, 6) is 1.71. The molecule has 2 fully saturated rings. The van der Waals surface area contributed by atoms with Gasteiger partial charge in [-0.1, -0.05) is 33.1 Å². The molecule has 0 amide bonds. The second-order valence-corrected chi connectivity index (χ2v) is 6.32. The van der Waals surface area contributed by atoms with Crippen LogP contribution in [0.4, 0.5) is 0 Å². The Bertz CT molecular complexity index is 241. The van der Waals surface area contributed by atoms with Crippen molar-refractivity contribution in [3.8, 4) is 0 Å². The van der Waals surface area contributed by atoms with Gasteiger partial charge in [0.25, 0.3) is 0 Å². The van der Waals surface area contributed by atoms with Crippen LogP contribution >= 0.6 is 0 Å². The van der Waals surface area contributed by atoms with Gasteiger partial charge in [-0.3, -0.25) is 4.90 Å². The van der Waals surface area contributed by atoms with Crippen molar-refractivity contribution < 1.29 is 0 Å². The van der Waals surface area contributed by atoms with Gasteiger partial charge < -0.3 is 5.73 Å². The Labute approximate surface area is 107 Å². The molecule has 1 saturated heterocycles. The molecule has 0 aromatic heterocycles. The topological polar surface area (TPSA) is 29.3 Å². The van der Waals surface area contributed by atoms with Gasteiger partial charge in [0.2, 0.25) is 0 Å². The molecule has 1 saturated carbocycles. The highest BCUT2D eigenvalue weighted by atomic mass is 15.2. The van der Waals surface area contributed by atoms with Crippen LogP contribution in [0.25, 0.3) is 0 Å². The van der Waals surface area contributed by atoms with Crippen molar-refractivity contribution in [2.45, 2.75) is 64.3 Å². The zero-order valence-corrected chi connectivity index (χ0v) is 11.8. The molecule has 0 radical (unpaired) electrons. The fourth-order valence-corrected chi connectivity index (χ4v) is 4.10. The normalized spacial score (nSPS) is 40.4. The summed E-state index contributed by atoms with van der Waals surface area (Å²) in [6.45, 7) is 8.23. The summed E-state index contributed by atoms with van der Waals surface area (Å²) in [5, 5.41) is 0. The molecular formula is C15H30N2. The van der Waals surface area contributed by atoms with E-state index >= 15 is 0 Å². The van der Waals surface area contributed by atoms with E-state index in [9.17, 15) is 0 Å². The summed E-state index contributed by atoms with van der Waals surface area (Å²) in [5.41, 5.74) is 6.54. The molecule has 17 heavy (non-hydrogen) atoms. The highest BCUT2D eigenvalue weighted by molar-refractivity contribution is 4.99. The minimum atomic E-state index is 0.339. The number of nitrogens with two attached hydrogens (primary N) is 1. The van der Waals surface area contributed by atoms with Gasteiger partial charge in [0, 0.05) is 18.6 Å². The highest BCUT2D eigenvalue weighted by Gasteiger charge is 2.43. The molecular weight excluding hydrogens is 208 g/mol. The second kappa shape index (κ2) is 5.71. The van der Waals surface area contributed by atoms with Crippen molar-refractivity contribution in [1.82, 2.24) is 4.90 Å². The Morgan fingerprint density at radius 2 is 2.06 bits per heavy atom. The lowest BCUT2D eigenvalue weighted by atomic mass is 9.71. The molecule has 0 aromatic carbocycles. The maximum atomic E-state index is 6.20. The van der Waals surface area contributed by atoms with E-state index in [1.807, 2.05) is 0 Å². The largest absolute Gasteiger partial charge is 0.329 e. The van der Waals surface area contributed by atoms with Gasteiger partial charge >= 0.3 is 0 Å². The van der Waals surface area contributed by atoms with Gasteiger partial charge in [-0.25, -0.2) is 0 Å². The molecule has 3 unspecified atom stereocenters. The first-order chi connectivity index (χ1) is 8.23. The molecule has 2 N–H and O–H groups in total. The van der Waals surface area contributed by atoms with Crippen LogP contribution in [0, 0.1) is 11.8 Å². The van der Waals surface area contributed by atoms with Gasteiger partial charge in [0.05, 0.1) is 0 Å². The predicted molar refractivity (Wildman–Crippen MR) is 74.0 cm³/mol. The summed E-state index contributed by atoms with van der Waals surface area (Å²) in [7, 11) is 0. The Kier molecular flexibility index (Phi) is 4.48. The third-order valence-electron chi connectivity index (χ3n) is 5.49. The lowest BCUT2D eigenvalue weighted by Gasteiger charge is -2.52. The van der Waals surface area contributed by atoms with E-state index in [1.165, 1.54) is 58.0 Å². The Hall–Kier alpha value is -0.0800. The molecule has 2 nitrogen and oxygen atoms in total. The van der Waals surface area contributed by atoms with Crippen molar-refractivity contribution in [2.24, 2.45) is 17.6 Å². The molecule has 3 atom stereocenters. The van der Waals surface area contributed by atoms with Crippen molar-refractivity contribution in [2.75, 3.05) is 19.6 Å². The molecule has 2 heteroatoms. The molecule has 1 aliphatic heterocycles. The average Bonchev–Trinajstić information content (AvgIpc) is 2.40. The molecule has 2 rings (SSSR count). The molecule has 0 aromatic rings. The van der Waals surface area contributed by atoms with Gasteiger partial charge in [0.15, 0.2) is 0 Å². The van der Waals surface area contributed by atoms with Crippen molar-refractivity contribution in [3.63, 3.8) is 0 Å². The van der Waals surface area contributed by atoms with Crippen LogP contribution in [0.5, 0.6) is 0 Å². The first-order valence-electron chi connectivity index (χ1n) is 7.68. The van der Waals surface area contributed by atoms with Gasteiger partial charge in [-0.15, -0.1) is 0 Å². The Balaban J connectivity index is 2.10. The molecule has 0 bridgehead atoms. The van der Waals surface area contributed by atoms with Crippen LogP contribution in [0.3, 0.4) is 0 Å². The zero-order chi connectivity index (χ0) is 12.3. The fraction of sp³-hybridized carbons (Fsp3) is 1.00. The minimum Gasteiger partial charge on any atom is -0.329 e. The average molecular weight is 238 g/mol. The van der Waals surface area contributed by atoms with Crippen molar-refractivity contribution >= 4 is 0 Å². The first kappa shape index (κ1) is 13.4. The van der Waals surface area contributed by atoms with Crippen molar-refractivity contribution in [1.29, 1.82) is 0 Å². The molecule has 0 spiro atoms. The number of rotatable bonds is 3. The smallest absolute Gasteiger partial charge is 0.0357 e. The maximum absolute atomic E-state index is 6.20. The predicted octanol–water partition coefficient (Wildman–Crippen LogP) is 3.02. The summed E-state index contributed by atoms with van der Waals surface area (Å²) < 4.78 is 0. The maximum Gasteiger partial charge on any atom is 0.0357 e. The fourth-order valence-electron chi connectivity index (χ4n) is 4.10. The summed E-state index contributed by atoms with van der Waals surface area (Å²) in [6, 6.07) is 0. The number of nitrogens with zero attached hydrogens (tertiary/aromatic N) is 1.